The number of thiazole rings is 1. The largest absolute Gasteiger partial charge is 0.366 e. The monoisotopic (exact) mass is 368 g/mol. The SMILES string of the molecule is O=C(Nc1ncc(Cc2cc(Cl)ccc2Cl)s1)C1=NCCCN1. The Labute approximate surface area is 147 Å². The fourth-order valence-electron chi connectivity index (χ4n) is 2.15. The number of amidine groups is 1. The molecule has 0 fully saturated rings. The summed E-state index contributed by atoms with van der Waals surface area (Å²) in [6, 6.07) is 5.36. The molecule has 2 aromatic rings. The van der Waals surface area contributed by atoms with Gasteiger partial charge in [0.05, 0.1) is 0 Å². The van der Waals surface area contributed by atoms with Crippen LogP contribution in [0.4, 0.5) is 5.13 Å². The number of hydrogen-bond donors (Lipinski definition) is 2. The normalized spacial score (nSPS) is 14.1. The Morgan fingerprint density at radius 3 is 3.04 bits per heavy atom. The van der Waals surface area contributed by atoms with Crippen molar-refractivity contribution in [1.29, 1.82) is 0 Å². The van der Waals surface area contributed by atoms with Crippen molar-refractivity contribution in [3.05, 3.63) is 44.9 Å². The van der Waals surface area contributed by atoms with Crippen molar-refractivity contribution < 1.29 is 4.79 Å². The van der Waals surface area contributed by atoms with Crippen LogP contribution in [0.15, 0.2) is 29.4 Å². The lowest BCUT2D eigenvalue weighted by Crippen LogP contribution is -2.39. The van der Waals surface area contributed by atoms with E-state index in [4.69, 9.17) is 23.2 Å². The minimum absolute atomic E-state index is 0.258. The van der Waals surface area contributed by atoms with E-state index in [9.17, 15) is 4.79 Å². The zero-order chi connectivity index (χ0) is 16.2. The van der Waals surface area contributed by atoms with Crippen LogP contribution in [0.5, 0.6) is 0 Å². The number of hydrogen-bond acceptors (Lipinski definition) is 5. The van der Waals surface area contributed by atoms with Gasteiger partial charge >= 0.3 is 0 Å². The van der Waals surface area contributed by atoms with Gasteiger partial charge in [-0.15, -0.1) is 11.3 Å². The minimum Gasteiger partial charge on any atom is -0.366 e. The van der Waals surface area contributed by atoms with Crippen molar-refractivity contribution in [3.63, 3.8) is 0 Å². The predicted molar refractivity (Wildman–Crippen MR) is 94.9 cm³/mol. The third-order valence-corrected chi connectivity index (χ3v) is 4.78. The van der Waals surface area contributed by atoms with Crippen LogP contribution in [0.1, 0.15) is 16.9 Å². The van der Waals surface area contributed by atoms with E-state index in [1.165, 1.54) is 11.3 Å². The summed E-state index contributed by atoms with van der Waals surface area (Å²) < 4.78 is 0. The highest BCUT2D eigenvalue weighted by atomic mass is 35.5. The van der Waals surface area contributed by atoms with Gasteiger partial charge < -0.3 is 5.32 Å². The number of carbonyl (C=O) groups is 1. The highest BCUT2D eigenvalue weighted by Gasteiger charge is 2.15. The molecule has 8 heteroatoms. The molecule has 0 saturated carbocycles. The second-order valence-corrected chi connectivity index (χ2v) is 6.97. The number of rotatable bonds is 4. The molecule has 0 atom stereocenters. The number of halogens is 2. The highest BCUT2D eigenvalue weighted by Crippen LogP contribution is 2.26. The Kier molecular flexibility index (Phi) is 5.15. The Hall–Kier alpha value is -1.63. The van der Waals surface area contributed by atoms with E-state index in [2.05, 4.69) is 20.6 Å². The second kappa shape index (κ2) is 7.29. The molecule has 23 heavy (non-hydrogen) atoms. The predicted octanol–water partition coefficient (Wildman–Crippen LogP) is 3.37. The minimum atomic E-state index is -0.258. The molecule has 2 heterocycles. The van der Waals surface area contributed by atoms with Crippen molar-refractivity contribution in [2.45, 2.75) is 12.8 Å². The molecule has 1 aromatic carbocycles. The number of amides is 1. The van der Waals surface area contributed by atoms with E-state index in [1.54, 1.807) is 18.3 Å². The first-order valence-corrected chi connectivity index (χ1v) is 8.67. The first-order valence-electron chi connectivity index (χ1n) is 7.10. The molecule has 1 aliphatic heterocycles. The van der Waals surface area contributed by atoms with Gasteiger partial charge in [-0.25, -0.2) is 4.98 Å². The van der Waals surface area contributed by atoms with Gasteiger partial charge in [0.2, 0.25) is 0 Å². The summed E-state index contributed by atoms with van der Waals surface area (Å²) in [5, 5.41) is 7.59. The molecular weight excluding hydrogens is 355 g/mol. The van der Waals surface area contributed by atoms with Crippen molar-refractivity contribution in [3.8, 4) is 0 Å². The van der Waals surface area contributed by atoms with Crippen LogP contribution in [0.3, 0.4) is 0 Å². The van der Waals surface area contributed by atoms with Crippen molar-refractivity contribution in [2.24, 2.45) is 4.99 Å². The lowest BCUT2D eigenvalue weighted by atomic mass is 10.1. The quantitative estimate of drug-likeness (QED) is 0.869. The van der Waals surface area contributed by atoms with Gasteiger partial charge in [-0.2, -0.15) is 0 Å². The topological polar surface area (TPSA) is 66.4 Å². The van der Waals surface area contributed by atoms with Gasteiger partial charge in [-0.3, -0.25) is 15.1 Å². The second-order valence-electron chi connectivity index (χ2n) is 5.01. The molecule has 1 aliphatic rings. The van der Waals surface area contributed by atoms with Crippen LogP contribution in [0.2, 0.25) is 10.0 Å². The fraction of sp³-hybridized carbons (Fsp3) is 0.267. The standard InChI is InChI=1S/C15H14Cl2N4OS/c16-10-2-3-12(17)9(6-10)7-11-8-20-15(23-11)21-14(22)13-18-4-1-5-19-13/h2-3,6,8H,1,4-5,7H2,(H,18,19)(H,20,21,22). The van der Waals surface area contributed by atoms with E-state index in [0.717, 1.165) is 23.4 Å². The van der Waals surface area contributed by atoms with Gasteiger partial charge in [0.25, 0.3) is 5.91 Å². The summed E-state index contributed by atoms with van der Waals surface area (Å²) in [5.74, 6) is 0.109. The molecule has 120 valence electrons. The third-order valence-electron chi connectivity index (χ3n) is 3.26. The Bertz CT molecular complexity index is 760. The molecular formula is C15H14Cl2N4OS. The van der Waals surface area contributed by atoms with E-state index in [1.807, 2.05) is 6.07 Å². The van der Waals surface area contributed by atoms with E-state index < -0.39 is 0 Å². The molecule has 0 spiro atoms. The van der Waals surface area contributed by atoms with E-state index in [-0.39, 0.29) is 5.91 Å². The molecule has 1 amide bonds. The van der Waals surface area contributed by atoms with Gasteiger partial charge in [0.1, 0.15) is 0 Å². The average Bonchev–Trinajstić information content (AvgIpc) is 2.99. The van der Waals surface area contributed by atoms with Crippen molar-refractivity contribution in [2.75, 3.05) is 18.4 Å². The Morgan fingerprint density at radius 1 is 1.39 bits per heavy atom. The van der Waals surface area contributed by atoms with Crippen LogP contribution >= 0.6 is 34.5 Å². The first-order chi connectivity index (χ1) is 11.1. The van der Waals surface area contributed by atoms with Crippen molar-refractivity contribution in [1.82, 2.24) is 10.3 Å². The highest BCUT2D eigenvalue weighted by molar-refractivity contribution is 7.15. The molecule has 3 rings (SSSR count). The van der Waals surface area contributed by atoms with Crippen molar-refractivity contribution >= 4 is 51.4 Å². The van der Waals surface area contributed by atoms with E-state index >= 15 is 0 Å². The number of anilines is 1. The number of aromatic nitrogens is 1. The summed E-state index contributed by atoms with van der Waals surface area (Å²) >= 11 is 13.6. The molecule has 0 aliphatic carbocycles. The van der Waals surface area contributed by atoms with Gasteiger partial charge in [-0.05, 0) is 30.2 Å². The molecule has 0 unspecified atom stereocenters. The van der Waals surface area contributed by atoms with Crippen LogP contribution in [-0.4, -0.2) is 29.8 Å². The average molecular weight is 369 g/mol. The maximum absolute atomic E-state index is 12.1. The number of nitrogens with zero attached hydrogens (tertiary/aromatic N) is 2. The van der Waals surface area contributed by atoms with Crippen LogP contribution in [0.25, 0.3) is 0 Å². The summed E-state index contributed by atoms with van der Waals surface area (Å²) in [5.41, 5.74) is 0.930. The number of nitrogens with one attached hydrogen (secondary N) is 2. The van der Waals surface area contributed by atoms with Crippen LogP contribution in [0, 0.1) is 0 Å². The number of aliphatic imine (C=N–C) groups is 1. The van der Waals surface area contributed by atoms with Gasteiger partial charge in [0.15, 0.2) is 11.0 Å². The Morgan fingerprint density at radius 2 is 2.26 bits per heavy atom. The summed E-state index contributed by atoms with van der Waals surface area (Å²) in [7, 11) is 0. The number of benzene rings is 1. The fourth-order valence-corrected chi connectivity index (χ4v) is 3.36. The lowest BCUT2D eigenvalue weighted by Gasteiger charge is -2.12. The molecule has 0 radical (unpaired) electrons. The number of carbonyl (C=O) groups excluding carboxylic acids is 1. The van der Waals surface area contributed by atoms with E-state index in [0.29, 0.717) is 34.0 Å². The molecule has 0 bridgehead atoms. The zero-order valence-electron chi connectivity index (χ0n) is 12.1. The molecule has 0 saturated heterocycles. The van der Waals surface area contributed by atoms with Gasteiger partial charge in [-0.1, -0.05) is 23.2 Å². The summed E-state index contributed by atoms with van der Waals surface area (Å²) in [6.07, 6.45) is 3.29. The molecule has 1 aromatic heterocycles. The van der Waals surface area contributed by atoms with Crippen LogP contribution < -0.4 is 10.6 Å². The summed E-state index contributed by atoms with van der Waals surface area (Å²) in [6.45, 7) is 1.44. The van der Waals surface area contributed by atoms with Crippen LogP contribution in [-0.2, 0) is 11.2 Å². The lowest BCUT2D eigenvalue weighted by molar-refractivity contribution is -0.110. The Balaban J connectivity index is 1.67. The summed E-state index contributed by atoms with van der Waals surface area (Å²) in [4.78, 5) is 21.4. The first kappa shape index (κ1) is 16.2. The maximum atomic E-state index is 12.1. The zero-order valence-corrected chi connectivity index (χ0v) is 14.4. The smallest absolute Gasteiger partial charge is 0.292 e. The molecule has 5 nitrogen and oxygen atoms in total. The third kappa shape index (κ3) is 4.22. The molecule has 2 N–H and O–H groups in total. The maximum Gasteiger partial charge on any atom is 0.292 e. The van der Waals surface area contributed by atoms with Gasteiger partial charge in [0, 0.05) is 40.6 Å².